The van der Waals surface area contributed by atoms with Crippen molar-refractivity contribution in [2.24, 2.45) is 0 Å². The molecule has 6 nitrogen and oxygen atoms in total. The highest BCUT2D eigenvalue weighted by atomic mass is 16.5. The van der Waals surface area contributed by atoms with Gasteiger partial charge >= 0.3 is 5.56 Å². The maximum atomic E-state index is 12.3. The zero-order chi connectivity index (χ0) is 14.8. The third-order valence-electron chi connectivity index (χ3n) is 3.39. The molecule has 1 N–H and O–H groups in total. The van der Waals surface area contributed by atoms with Crippen molar-refractivity contribution in [1.29, 1.82) is 0 Å². The predicted octanol–water partition coefficient (Wildman–Crippen LogP) is 1.87. The van der Waals surface area contributed by atoms with Crippen molar-refractivity contribution in [2.75, 3.05) is 7.11 Å². The van der Waals surface area contributed by atoms with Gasteiger partial charge in [0, 0.05) is 18.4 Å². The van der Waals surface area contributed by atoms with Crippen LogP contribution in [-0.4, -0.2) is 21.8 Å². The Kier molecular flexibility index (Phi) is 3.62. The Hall–Kier alpha value is -2.34. The van der Waals surface area contributed by atoms with E-state index >= 15 is 0 Å². The van der Waals surface area contributed by atoms with Crippen LogP contribution in [0.3, 0.4) is 0 Å². The molecule has 0 aliphatic heterocycles. The average molecular weight is 288 g/mol. The van der Waals surface area contributed by atoms with E-state index in [4.69, 9.17) is 14.6 Å². The molecule has 1 fully saturated rings. The molecule has 6 heteroatoms. The number of aliphatic hydroxyl groups excluding tert-OH is 1. The molecule has 0 radical (unpaired) electrons. The summed E-state index contributed by atoms with van der Waals surface area (Å²) in [7, 11) is 1.50. The van der Waals surface area contributed by atoms with Gasteiger partial charge in [0.15, 0.2) is 11.5 Å². The normalized spacial score (nSPS) is 14.0. The number of rotatable bonds is 5. The number of hydrogen-bond donors (Lipinski definition) is 1. The van der Waals surface area contributed by atoms with Gasteiger partial charge in [-0.15, -0.1) is 0 Å². The van der Waals surface area contributed by atoms with Gasteiger partial charge in [0.05, 0.1) is 13.7 Å². The van der Waals surface area contributed by atoms with Crippen LogP contribution in [0, 0.1) is 0 Å². The highest BCUT2D eigenvalue weighted by Crippen LogP contribution is 2.34. The summed E-state index contributed by atoms with van der Waals surface area (Å²) in [4.78, 5) is 16.3. The fraction of sp³-hybridized carbons (Fsp3) is 0.333. The Labute approximate surface area is 121 Å². The largest absolute Gasteiger partial charge is 0.493 e. The Morgan fingerprint density at radius 2 is 2.19 bits per heavy atom. The number of benzene rings is 1. The lowest BCUT2D eigenvalue weighted by Crippen LogP contribution is -2.20. The molecule has 1 heterocycles. The van der Waals surface area contributed by atoms with E-state index in [1.54, 1.807) is 35.2 Å². The number of aromatic nitrogens is 2. The first-order chi connectivity index (χ1) is 10.2. The molecule has 1 aromatic heterocycles. The first kappa shape index (κ1) is 13.6. The molecule has 2 aromatic rings. The summed E-state index contributed by atoms with van der Waals surface area (Å²) >= 11 is 0. The summed E-state index contributed by atoms with van der Waals surface area (Å²) in [5.74, 6) is 0.872. The first-order valence-electron chi connectivity index (χ1n) is 6.75. The fourth-order valence-corrected chi connectivity index (χ4v) is 2.12. The van der Waals surface area contributed by atoms with Crippen LogP contribution in [0.25, 0.3) is 0 Å². The molecular weight excluding hydrogens is 272 g/mol. The summed E-state index contributed by atoms with van der Waals surface area (Å²) in [6, 6.07) is 5.29. The number of nitrogens with zero attached hydrogens (tertiary/aromatic N) is 2. The minimum atomic E-state index is -0.242. The SMILES string of the molecule is COc1cc(CO)ccc1Oc1nccn(C2CC2)c1=O. The van der Waals surface area contributed by atoms with Gasteiger partial charge in [0.2, 0.25) is 0 Å². The Balaban J connectivity index is 1.93. The number of ether oxygens (including phenoxy) is 2. The maximum Gasteiger partial charge on any atom is 0.313 e. The standard InChI is InChI=1S/C15H16N2O4/c1-20-13-8-10(9-18)2-5-12(13)21-14-15(19)17(7-6-16-14)11-3-4-11/h2,5-8,11,18H,3-4,9H2,1H3. The van der Waals surface area contributed by atoms with Gasteiger partial charge in [-0.2, -0.15) is 0 Å². The van der Waals surface area contributed by atoms with Crippen LogP contribution in [0.4, 0.5) is 0 Å². The minimum absolute atomic E-state index is 0.0273. The fourth-order valence-electron chi connectivity index (χ4n) is 2.12. The van der Waals surface area contributed by atoms with Crippen LogP contribution in [0.15, 0.2) is 35.4 Å². The third-order valence-corrected chi connectivity index (χ3v) is 3.39. The van der Waals surface area contributed by atoms with Crippen molar-refractivity contribution in [2.45, 2.75) is 25.5 Å². The van der Waals surface area contributed by atoms with Crippen molar-refractivity contribution in [3.8, 4) is 17.4 Å². The van der Waals surface area contributed by atoms with Gasteiger partial charge in [-0.25, -0.2) is 4.98 Å². The summed E-state index contributed by atoms with van der Waals surface area (Å²) in [5, 5.41) is 9.12. The zero-order valence-electron chi connectivity index (χ0n) is 11.7. The van der Waals surface area contributed by atoms with E-state index in [-0.39, 0.29) is 24.1 Å². The van der Waals surface area contributed by atoms with Gasteiger partial charge in [-0.1, -0.05) is 6.07 Å². The van der Waals surface area contributed by atoms with Crippen LogP contribution in [-0.2, 0) is 6.61 Å². The van der Waals surface area contributed by atoms with Crippen LogP contribution < -0.4 is 15.0 Å². The molecule has 0 atom stereocenters. The highest BCUT2D eigenvalue weighted by molar-refractivity contribution is 5.44. The number of methoxy groups -OCH3 is 1. The number of hydrogen-bond acceptors (Lipinski definition) is 5. The molecule has 0 bridgehead atoms. The molecule has 0 amide bonds. The summed E-state index contributed by atoms with van der Waals surface area (Å²) in [5.41, 5.74) is 0.462. The number of aliphatic hydroxyl groups is 1. The van der Waals surface area contributed by atoms with E-state index in [9.17, 15) is 4.79 Å². The van der Waals surface area contributed by atoms with Crippen molar-refractivity contribution < 1.29 is 14.6 Å². The highest BCUT2D eigenvalue weighted by Gasteiger charge is 2.25. The van der Waals surface area contributed by atoms with Crippen molar-refractivity contribution in [3.05, 3.63) is 46.5 Å². The molecule has 1 aromatic carbocycles. The van der Waals surface area contributed by atoms with E-state index in [0.29, 0.717) is 17.1 Å². The smallest absolute Gasteiger partial charge is 0.313 e. The quantitative estimate of drug-likeness (QED) is 0.909. The second-order valence-corrected chi connectivity index (χ2v) is 4.92. The van der Waals surface area contributed by atoms with E-state index in [0.717, 1.165) is 12.8 Å². The van der Waals surface area contributed by atoms with Crippen LogP contribution in [0.2, 0.25) is 0 Å². The lowest BCUT2D eigenvalue weighted by Gasteiger charge is -2.11. The Morgan fingerprint density at radius 1 is 1.38 bits per heavy atom. The van der Waals surface area contributed by atoms with E-state index in [1.165, 1.54) is 7.11 Å². The Morgan fingerprint density at radius 3 is 2.86 bits per heavy atom. The molecule has 0 spiro atoms. The molecule has 110 valence electrons. The van der Waals surface area contributed by atoms with E-state index in [2.05, 4.69) is 4.98 Å². The maximum absolute atomic E-state index is 12.3. The molecule has 3 rings (SSSR count). The van der Waals surface area contributed by atoms with Crippen molar-refractivity contribution in [3.63, 3.8) is 0 Å². The van der Waals surface area contributed by atoms with Gasteiger partial charge in [-0.05, 0) is 30.5 Å². The van der Waals surface area contributed by atoms with Gasteiger partial charge in [-0.3, -0.25) is 4.79 Å². The first-order valence-corrected chi connectivity index (χ1v) is 6.75. The molecule has 1 saturated carbocycles. The van der Waals surface area contributed by atoms with E-state index in [1.807, 2.05) is 0 Å². The Bertz CT molecular complexity index is 707. The molecular formula is C15H16N2O4. The van der Waals surface area contributed by atoms with E-state index < -0.39 is 0 Å². The predicted molar refractivity (Wildman–Crippen MR) is 75.8 cm³/mol. The van der Waals surface area contributed by atoms with Gasteiger partial charge < -0.3 is 19.1 Å². The molecule has 21 heavy (non-hydrogen) atoms. The van der Waals surface area contributed by atoms with Gasteiger partial charge in [0.1, 0.15) is 0 Å². The van der Waals surface area contributed by atoms with Crippen LogP contribution in [0.1, 0.15) is 24.4 Å². The third kappa shape index (κ3) is 2.75. The monoisotopic (exact) mass is 288 g/mol. The molecule has 0 saturated heterocycles. The summed E-state index contributed by atoms with van der Waals surface area (Å²) < 4.78 is 12.5. The average Bonchev–Trinajstić information content (AvgIpc) is 3.34. The van der Waals surface area contributed by atoms with Crippen LogP contribution in [0.5, 0.6) is 17.4 Å². The van der Waals surface area contributed by atoms with Crippen molar-refractivity contribution in [1.82, 2.24) is 9.55 Å². The zero-order valence-corrected chi connectivity index (χ0v) is 11.7. The van der Waals surface area contributed by atoms with Crippen LogP contribution >= 0.6 is 0 Å². The van der Waals surface area contributed by atoms with Crippen molar-refractivity contribution >= 4 is 0 Å². The molecule has 1 aliphatic carbocycles. The summed E-state index contributed by atoms with van der Waals surface area (Å²) in [6.07, 6.45) is 5.26. The second kappa shape index (κ2) is 5.57. The van der Waals surface area contributed by atoms with Gasteiger partial charge in [0.25, 0.3) is 5.88 Å². The molecule has 1 aliphatic rings. The second-order valence-electron chi connectivity index (χ2n) is 4.92. The minimum Gasteiger partial charge on any atom is -0.493 e. The summed E-state index contributed by atoms with van der Waals surface area (Å²) in [6.45, 7) is -0.0886. The lowest BCUT2D eigenvalue weighted by atomic mass is 10.2. The topological polar surface area (TPSA) is 73.6 Å². The molecule has 0 unspecified atom stereocenters. The lowest BCUT2D eigenvalue weighted by molar-refractivity contribution is 0.280.